The van der Waals surface area contributed by atoms with Gasteiger partial charge in [-0.3, -0.25) is 4.79 Å². The van der Waals surface area contributed by atoms with Gasteiger partial charge in [-0.2, -0.15) is 0 Å². The molecule has 7 heteroatoms. The van der Waals surface area contributed by atoms with Gasteiger partial charge in [0.2, 0.25) is 11.9 Å². The molecule has 6 nitrogen and oxygen atoms in total. The molecule has 3 rings (SSSR count). The minimum atomic E-state index is -0.230. The fourth-order valence-corrected chi connectivity index (χ4v) is 2.80. The number of hydrogen-bond acceptors (Lipinski definition) is 5. The van der Waals surface area contributed by atoms with Crippen molar-refractivity contribution in [3.05, 3.63) is 54.1 Å². The summed E-state index contributed by atoms with van der Waals surface area (Å²) in [6.07, 6.45) is 4.22. The van der Waals surface area contributed by atoms with Crippen LogP contribution in [0, 0.1) is 5.82 Å². The molecule has 1 aromatic carbocycles. The van der Waals surface area contributed by atoms with E-state index in [-0.39, 0.29) is 11.7 Å². The van der Waals surface area contributed by atoms with Crippen molar-refractivity contribution in [3.63, 3.8) is 0 Å². The van der Waals surface area contributed by atoms with Crippen LogP contribution in [0.1, 0.15) is 5.56 Å². The van der Waals surface area contributed by atoms with Gasteiger partial charge in [0.15, 0.2) is 0 Å². The standard InChI is InChI=1S/C18H22FN5O/c19-16-4-2-15(3-5-16)6-9-20-14-17(25)23-10-12-24(13-11-23)18-21-7-1-8-22-18/h1-5,7-8,20H,6,9-14H2. The van der Waals surface area contributed by atoms with E-state index in [0.29, 0.717) is 32.1 Å². The van der Waals surface area contributed by atoms with Gasteiger partial charge in [0, 0.05) is 38.6 Å². The van der Waals surface area contributed by atoms with Crippen LogP contribution in [-0.4, -0.2) is 60.0 Å². The Labute approximate surface area is 146 Å². The molecule has 0 radical (unpaired) electrons. The number of halogens is 1. The lowest BCUT2D eigenvalue weighted by Crippen LogP contribution is -2.51. The average molecular weight is 343 g/mol. The second kappa shape index (κ2) is 8.53. The van der Waals surface area contributed by atoms with E-state index in [1.807, 2.05) is 4.90 Å². The molecule has 25 heavy (non-hydrogen) atoms. The number of amides is 1. The summed E-state index contributed by atoms with van der Waals surface area (Å²) in [6.45, 7) is 3.85. The molecule has 2 heterocycles. The highest BCUT2D eigenvalue weighted by molar-refractivity contribution is 5.78. The molecule has 1 amide bonds. The topological polar surface area (TPSA) is 61.4 Å². The number of carbonyl (C=O) groups is 1. The fourth-order valence-electron chi connectivity index (χ4n) is 2.80. The molecule has 0 aliphatic carbocycles. The first-order chi connectivity index (χ1) is 12.2. The third kappa shape index (κ3) is 4.96. The molecule has 1 fully saturated rings. The Morgan fingerprint density at radius 3 is 2.44 bits per heavy atom. The summed E-state index contributed by atoms with van der Waals surface area (Å²) < 4.78 is 12.8. The number of nitrogens with one attached hydrogen (secondary N) is 1. The van der Waals surface area contributed by atoms with Gasteiger partial charge in [0.05, 0.1) is 6.54 Å². The highest BCUT2D eigenvalue weighted by atomic mass is 19.1. The van der Waals surface area contributed by atoms with Gasteiger partial charge in [-0.05, 0) is 36.7 Å². The van der Waals surface area contributed by atoms with Crippen LogP contribution in [0.5, 0.6) is 0 Å². The largest absolute Gasteiger partial charge is 0.338 e. The number of aromatic nitrogens is 2. The average Bonchev–Trinajstić information content (AvgIpc) is 2.67. The number of anilines is 1. The zero-order valence-electron chi connectivity index (χ0n) is 14.1. The quantitative estimate of drug-likeness (QED) is 0.796. The molecule has 0 saturated carbocycles. The number of nitrogens with zero attached hydrogens (tertiary/aromatic N) is 4. The molecule has 1 aliphatic heterocycles. The van der Waals surface area contributed by atoms with Crippen molar-refractivity contribution in [2.45, 2.75) is 6.42 Å². The van der Waals surface area contributed by atoms with Crippen molar-refractivity contribution in [3.8, 4) is 0 Å². The SMILES string of the molecule is O=C(CNCCc1ccc(F)cc1)N1CCN(c2ncccn2)CC1. The van der Waals surface area contributed by atoms with E-state index < -0.39 is 0 Å². The van der Waals surface area contributed by atoms with Crippen LogP contribution in [0.25, 0.3) is 0 Å². The van der Waals surface area contributed by atoms with E-state index in [0.717, 1.165) is 25.1 Å². The molecule has 1 aliphatic rings. The molecule has 0 spiro atoms. The maximum Gasteiger partial charge on any atom is 0.236 e. The Morgan fingerprint density at radius 2 is 1.76 bits per heavy atom. The van der Waals surface area contributed by atoms with Crippen LogP contribution in [0.4, 0.5) is 10.3 Å². The zero-order valence-corrected chi connectivity index (χ0v) is 14.1. The van der Waals surface area contributed by atoms with Gasteiger partial charge in [-0.15, -0.1) is 0 Å². The van der Waals surface area contributed by atoms with Crippen LogP contribution in [0.2, 0.25) is 0 Å². The Bertz CT molecular complexity index is 672. The first-order valence-corrected chi connectivity index (χ1v) is 8.47. The zero-order chi connectivity index (χ0) is 17.5. The van der Waals surface area contributed by atoms with Gasteiger partial charge in [-0.25, -0.2) is 14.4 Å². The number of benzene rings is 1. The predicted molar refractivity (Wildman–Crippen MR) is 93.8 cm³/mol. The lowest BCUT2D eigenvalue weighted by Gasteiger charge is -2.34. The summed E-state index contributed by atoms with van der Waals surface area (Å²) in [4.78, 5) is 24.7. The fraction of sp³-hybridized carbons (Fsp3) is 0.389. The van der Waals surface area contributed by atoms with Gasteiger partial charge in [0.1, 0.15) is 5.82 Å². The van der Waals surface area contributed by atoms with Crippen LogP contribution in [-0.2, 0) is 11.2 Å². The molecule has 2 aromatic rings. The van der Waals surface area contributed by atoms with Crippen molar-refractivity contribution in [1.82, 2.24) is 20.2 Å². The summed E-state index contributed by atoms with van der Waals surface area (Å²) in [6, 6.07) is 8.24. The Morgan fingerprint density at radius 1 is 1.08 bits per heavy atom. The van der Waals surface area contributed by atoms with Gasteiger partial charge in [-0.1, -0.05) is 12.1 Å². The molecular weight excluding hydrogens is 321 g/mol. The van der Waals surface area contributed by atoms with Crippen molar-refractivity contribution in [2.75, 3.05) is 44.2 Å². The van der Waals surface area contributed by atoms with Crippen molar-refractivity contribution in [2.24, 2.45) is 0 Å². The van der Waals surface area contributed by atoms with E-state index in [1.165, 1.54) is 12.1 Å². The Hall–Kier alpha value is -2.54. The molecule has 0 atom stereocenters. The lowest BCUT2D eigenvalue weighted by atomic mass is 10.1. The Balaban J connectivity index is 1.36. The molecule has 132 valence electrons. The minimum Gasteiger partial charge on any atom is -0.338 e. The van der Waals surface area contributed by atoms with Crippen LogP contribution >= 0.6 is 0 Å². The third-order valence-corrected chi connectivity index (χ3v) is 4.25. The number of hydrogen-bond donors (Lipinski definition) is 1. The highest BCUT2D eigenvalue weighted by Gasteiger charge is 2.21. The first kappa shape index (κ1) is 17.3. The van der Waals surface area contributed by atoms with Gasteiger partial charge in [0.25, 0.3) is 0 Å². The maximum absolute atomic E-state index is 12.8. The smallest absolute Gasteiger partial charge is 0.236 e. The van der Waals surface area contributed by atoms with E-state index in [1.54, 1.807) is 30.6 Å². The number of piperazine rings is 1. The molecule has 0 bridgehead atoms. The third-order valence-electron chi connectivity index (χ3n) is 4.25. The van der Waals surface area contributed by atoms with Crippen molar-refractivity contribution < 1.29 is 9.18 Å². The second-order valence-corrected chi connectivity index (χ2v) is 5.97. The lowest BCUT2D eigenvalue weighted by molar-refractivity contribution is -0.130. The number of rotatable bonds is 6. The van der Waals surface area contributed by atoms with E-state index in [4.69, 9.17) is 0 Å². The van der Waals surface area contributed by atoms with E-state index in [9.17, 15) is 9.18 Å². The molecule has 1 N–H and O–H groups in total. The normalized spacial score (nSPS) is 14.6. The summed E-state index contributed by atoms with van der Waals surface area (Å²) in [7, 11) is 0. The van der Waals surface area contributed by atoms with Gasteiger partial charge >= 0.3 is 0 Å². The van der Waals surface area contributed by atoms with Crippen molar-refractivity contribution in [1.29, 1.82) is 0 Å². The predicted octanol–water partition coefficient (Wildman–Crippen LogP) is 1.10. The van der Waals surface area contributed by atoms with E-state index >= 15 is 0 Å². The number of carbonyl (C=O) groups excluding carboxylic acids is 1. The molecule has 0 unspecified atom stereocenters. The molecular formula is C18H22FN5O. The minimum absolute atomic E-state index is 0.104. The van der Waals surface area contributed by atoms with Crippen LogP contribution in [0.15, 0.2) is 42.7 Å². The second-order valence-electron chi connectivity index (χ2n) is 5.97. The molecule has 1 saturated heterocycles. The monoisotopic (exact) mass is 343 g/mol. The maximum atomic E-state index is 12.8. The Kier molecular flexibility index (Phi) is 5.90. The first-order valence-electron chi connectivity index (χ1n) is 8.47. The van der Waals surface area contributed by atoms with E-state index in [2.05, 4.69) is 20.2 Å². The summed E-state index contributed by atoms with van der Waals surface area (Å²) in [5.74, 6) is 0.590. The molecule has 1 aromatic heterocycles. The van der Waals surface area contributed by atoms with Crippen LogP contribution in [0.3, 0.4) is 0 Å². The summed E-state index contributed by atoms with van der Waals surface area (Å²) in [5.41, 5.74) is 1.05. The highest BCUT2D eigenvalue weighted by Crippen LogP contribution is 2.09. The summed E-state index contributed by atoms with van der Waals surface area (Å²) in [5, 5.41) is 3.17. The summed E-state index contributed by atoms with van der Waals surface area (Å²) >= 11 is 0. The van der Waals surface area contributed by atoms with Gasteiger partial charge < -0.3 is 15.1 Å². The van der Waals surface area contributed by atoms with Crippen LogP contribution < -0.4 is 10.2 Å². The van der Waals surface area contributed by atoms with Crippen molar-refractivity contribution >= 4 is 11.9 Å².